The second kappa shape index (κ2) is 12.4. The van der Waals surface area contributed by atoms with E-state index in [1.54, 1.807) is 13.8 Å². The molecule has 0 aromatic rings. The molecule has 1 atom stereocenters. The maximum Gasteiger partial charge on any atom is 0.365 e. The molecular formula is C20H33NO7. The molecule has 0 aromatic carbocycles. The van der Waals surface area contributed by atoms with Crippen LogP contribution in [0.4, 0.5) is 0 Å². The second-order valence-corrected chi connectivity index (χ2v) is 6.60. The van der Waals surface area contributed by atoms with Crippen molar-refractivity contribution in [3.05, 3.63) is 0 Å². The van der Waals surface area contributed by atoms with Gasteiger partial charge in [0, 0.05) is 6.42 Å². The number of rotatable bonds is 13. The Kier molecular flexibility index (Phi) is 10.6. The highest BCUT2D eigenvalue weighted by Gasteiger charge is 2.65. The van der Waals surface area contributed by atoms with Gasteiger partial charge in [0.2, 0.25) is 6.04 Å². The highest BCUT2D eigenvalue weighted by atomic mass is 16.6. The molecule has 8 heteroatoms. The van der Waals surface area contributed by atoms with Gasteiger partial charge in [-0.05, 0) is 20.3 Å². The second-order valence-electron chi connectivity index (χ2n) is 6.60. The number of carbonyl (C=O) groups excluding carboxylic acids is 3. The van der Waals surface area contributed by atoms with E-state index in [9.17, 15) is 14.4 Å². The van der Waals surface area contributed by atoms with Crippen LogP contribution in [-0.4, -0.2) is 55.8 Å². The van der Waals surface area contributed by atoms with Crippen molar-refractivity contribution in [2.24, 2.45) is 4.99 Å². The summed E-state index contributed by atoms with van der Waals surface area (Å²) in [6.45, 7) is 5.40. The van der Waals surface area contributed by atoms with Crippen LogP contribution in [-0.2, 0) is 33.3 Å². The molecule has 0 fully saturated rings. The molecule has 1 unspecified atom stereocenters. The maximum atomic E-state index is 12.6. The standard InChI is InChI=1S/C20H33NO7/c1-5-8-9-10-11-12-13-14-15-21-16(17(22)25-4)20(28-15,18(23)26-6-2)19(24)27-7-3/h16H,5-14H2,1-4H3. The summed E-state index contributed by atoms with van der Waals surface area (Å²) < 4.78 is 20.4. The van der Waals surface area contributed by atoms with Crippen LogP contribution in [0.3, 0.4) is 0 Å². The lowest BCUT2D eigenvalue weighted by Gasteiger charge is -2.27. The smallest absolute Gasteiger partial charge is 0.365 e. The average molecular weight is 399 g/mol. The Morgan fingerprint density at radius 2 is 1.46 bits per heavy atom. The maximum absolute atomic E-state index is 12.6. The molecule has 1 aliphatic heterocycles. The van der Waals surface area contributed by atoms with Crippen LogP contribution in [0.15, 0.2) is 4.99 Å². The van der Waals surface area contributed by atoms with E-state index in [0.29, 0.717) is 6.42 Å². The number of hydrogen-bond acceptors (Lipinski definition) is 8. The summed E-state index contributed by atoms with van der Waals surface area (Å²) in [6.07, 6.45) is 8.08. The van der Waals surface area contributed by atoms with Crippen molar-refractivity contribution in [3.63, 3.8) is 0 Å². The largest absolute Gasteiger partial charge is 0.467 e. The van der Waals surface area contributed by atoms with Crippen LogP contribution >= 0.6 is 0 Å². The third kappa shape index (κ3) is 5.94. The summed E-state index contributed by atoms with van der Waals surface area (Å²) in [5.74, 6) is -2.68. The van der Waals surface area contributed by atoms with Crippen LogP contribution in [0.2, 0.25) is 0 Å². The molecule has 160 valence electrons. The third-order valence-corrected chi connectivity index (χ3v) is 4.51. The first-order chi connectivity index (χ1) is 13.5. The molecule has 0 radical (unpaired) electrons. The van der Waals surface area contributed by atoms with E-state index in [4.69, 9.17) is 18.9 Å². The minimum Gasteiger partial charge on any atom is -0.467 e. The van der Waals surface area contributed by atoms with Gasteiger partial charge in [0.15, 0.2) is 5.90 Å². The molecule has 8 nitrogen and oxygen atoms in total. The predicted molar refractivity (Wildman–Crippen MR) is 103 cm³/mol. The molecular weight excluding hydrogens is 366 g/mol. The average Bonchev–Trinajstić information content (AvgIpc) is 3.08. The highest BCUT2D eigenvalue weighted by Crippen LogP contribution is 2.32. The van der Waals surface area contributed by atoms with Crippen molar-refractivity contribution in [1.82, 2.24) is 0 Å². The minimum atomic E-state index is -2.28. The SMILES string of the molecule is CCCCCCCCCC1=NC(C(=O)OC)C(C(=O)OCC)(C(=O)OCC)O1. The van der Waals surface area contributed by atoms with E-state index in [2.05, 4.69) is 11.9 Å². The Bertz CT molecular complexity index is 541. The molecule has 0 saturated carbocycles. The lowest BCUT2D eigenvalue weighted by molar-refractivity contribution is -0.185. The number of nitrogens with zero attached hydrogens (tertiary/aromatic N) is 1. The lowest BCUT2D eigenvalue weighted by Crippen LogP contribution is -2.59. The van der Waals surface area contributed by atoms with Crippen molar-refractivity contribution >= 4 is 23.8 Å². The van der Waals surface area contributed by atoms with Crippen molar-refractivity contribution in [2.75, 3.05) is 20.3 Å². The summed E-state index contributed by atoms with van der Waals surface area (Å²) in [6, 6.07) is -1.48. The number of unbranched alkanes of at least 4 members (excludes halogenated alkanes) is 6. The normalized spacial score (nSPS) is 17.4. The first kappa shape index (κ1) is 23.9. The van der Waals surface area contributed by atoms with Gasteiger partial charge < -0.3 is 18.9 Å². The Balaban J connectivity index is 2.87. The van der Waals surface area contributed by atoms with Gasteiger partial charge >= 0.3 is 23.5 Å². The van der Waals surface area contributed by atoms with E-state index in [-0.39, 0.29) is 19.1 Å². The van der Waals surface area contributed by atoms with E-state index in [1.807, 2.05) is 0 Å². The molecule has 1 rings (SSSR count). The fourth-order valence-corrected chi connectivity index (χ4v) is 3.05. The quantitative estimate of drug-likeness (QED) is 0.203. The number of esters is 3. The molecule has 28 heavy (non-hydrogen) atoms. The summed E-state index contributed by atoms with van der Waals surface area (Å²) in [7, 11) is 1.16. The fourth-order valence-electron chi connectivity index (χ4n) is 3.05. The van der Waals surface area contributed by atoms with Crippen molar-refractivity contribution in [2.45, 2.75) is 83.8 Å². The van der Waals surface area contributed by atoms with Crippen molar-refractivity contribution in [1.29, 1.82) is 0 Å². The van der Waals surface area contributed by atoms with Crippen LogP contribution < -0.4 is 0 Å². The summed E-state index contributed by atoms with van der Waals surface area (Å²) in [5, 5.41) is 0. The molecule has 0 bridgehead atoms. The van der Waals surface area contributed by atoms with E-state index in [0.717, 1.165) is 26.4 Å². The first-order valence-electron chi connectivity index (χ1n) is 10.2. The molecule has 0 saturated heterocycles. The monoisotopic (exact) mass is 399 g/mol. The van der Waals surface area contributed by atoms with E-state index in [1.165, 1.54) is 25.7 Å². The molecule has 1 heterocycles. The van der Waals surface area contributed by atoms with Crippen LogP contribution in [0, 0.1) is 0 Å². The Morgan fingerprint density at radius 3 is 1.96 bits per heavy atom. The number of carbonyl (C=O) groups is 3. The van der Waals surface area contributed by atoms with Gasteiger partial charge in [-0.1, -0.05) is 45.4 Å². The van der Waals surface area contributed by atoms with Gasteiger partial charge in [-0.3, -0.25) is 0 Å². The highest BCUT2D eigenvalue weighted by molar-refractivity contribution is 6.12. The van der Waals surface area contributed by atoms with E-state index < -0.39 is 29.6 Å². The molecule has 1 aliphatic rings. The van der Waals surface area contributed by atoms with E-state index >= 15 is 0 Å². The molecule has 0 aliphatic carbocycles. The first-order valence-corrected chi connectivity index (χ1v) is 10.2. The van der Waals surface area contributed by atoms with Gasteiger partial charge in [-0.15, -0.1) is 0 Å². The number of hydrogen-bond donors (Lipinski definition) is 0. The molecule has 0 amide bonds. The van der Waals surface area contributed by atoms with Gasteiger partial charge in [-0.2, -0.15) is 0 Å². The Labute approximate surface area is 167 Å². The predicted octanol–water partition coefficient (Wildman–Crippen LogP) is 2.96. The van der Waals surface area contributed by atoms with Gasteiger partial charge in [0.1, 0.15) is 0 Å². The molecule has 0 spiro atoms. The third-order valence-electron chi connectivity index (χ3n) is 4.51. The van der Waals surface area contributed by atoms with Crippen molar-refractivity contribution < 1.29 is 33.3 Å². The van der Waals surface area contributed by atoms with Gasteiger partial charge in [-0.25, -0.2) is 19.4 Å². The zero-order chi connectivity index (χ0) is 21.0. The lowest BCUT2D eigenvalue weighted by atomic mass is 9.95. The topological polar surface area (TPSA) is 100 Å². The van der Waals surface area contributed by atoms with Gasteiger partial charge in [0.25, 0.3) is 0 Å². The minimum absolute atomic E-state index is 0.0182. The zero-order valence-corrected chi connectivity index (χ0v) is 17.5. The number of aliphatic imine (C=N–C) groups is 1. The van der Waals surface area contributed by atoms with Crippen LogP contribution in [0.25, 0.3) is 0 Å². The summed E-state index contributed by atoms with van der Waals surface area (Å²) in [4.78, 5) is 41.6. The van der Waals surface area contributed by atoms with Gasteiger partial charge in [0.05, 0.1) is 20.3 Å². The molecule has 0 aromatic heterocycles. The summed E-state index contributed by atoms with van der Waals surface area (Å²) in [5.41, 5.74) is -2.28. The number of ether oxygens (including phenoxy) is 4. The molecule has 0 N–H and O–H groups in total. The zero-order valence-electron chi connectivity index (χ0n) is 17.5. The van der Waals surface area contributed by atoms with Crippen molar-refractivity contribution in [3.8, 4) is 0 Å². The fraction of sp³-hybridized carbons (Fsp3) is 0.800. The summed E-state index contributed by atoms with van der Waals surface area (Å²) >= 11 is 0. The Hall–Kier alpha value is -2.12. The Morgan fingerprint density at radius 1 is 0.929 bits per heavy atom. The van der Waals surface area contributed by atoms with Crippen LogP contribution in [0.1, 0.15) is 72.1 Å². The number of methoxy groups -OCH3 is 1. The van der Waals surface area contributed by atoms with Crippen LogP contribution in [0.5, 0.6) is 0 Å².